The van der Waals surface area contributed by atoms with Crippen LogP contribution in [0.25, 0.3) is 5.82 Å². The number of carbonyl (C=O) groups is 1. The van der Waals surface area contributed by atoms with Gasteiger partial charge >= 0.3 is 6.18 Å². The van der Waals surface area contributed by atoms with Crippen molar-refractivity contribution in [1.29, 1.82) is 0 Å². The Hall–Kier alpha value is -4.55. The Kier molecular flexibility index (Phi) is 6.08. The molecule has 1 amide bonds. The van der Waals surface area contributed by atoms with Crippen LogP contribution in [0.1, 0.15) is 21.5 Å². The summed E-state index contributed by atoms with van der Waals surface area (Å²) in [5.74, 6) is 0.552. The minimum Gasteiger partial charge on any atom is -0.373 e. The number of nitrogens with one attached hydrogen (secondary N) is 3. The lowest BCUT2D eigenvalue weighted by Gasteiger charge is -2.13. The summed E-state index contributed by atoms with van der Waals surface area (Å²) in [4.78, 5) is 28.9. The SMILES string of the molecule is CNc1cc(-n2ncnc2Nc2cc(C(=O)Nc3cc(C(F)(F)F)ccn3)ccc2C)ncn1. The lowest BCUT2D eigenvalue weighted by Crippen LogP contribution is -2.15. The molecule has 0 saturated heterocycles. The molecule has 34 heavy (non-hydrogen) atoms. The van der Waals surface area contributed by atoms with Crippen molar-refractivity contribution in [3.63, 3.8) is 0 Å². The van der Waals surface area contributed by atoms with Gasteiger partial charge in [-0.05, 0) is 36.8 Å². The molecule has 1 aromatic carbocycles. The topological polar surface area (TPSA) is 123 Å². The van der Waals surface area contributed by atoms with Crippen molar-refractivity contribution >= 4 is 29.2 Å². The van der Waals surface area contributed by atoms with E-state index in [4.69, 9.17) is 0 Å². The van der Waals surface area contributed by atoms with Gasteiger partial charge in [-0.3, -0.25) is 4.79 Å². The van der Waals surface area contributed by atoms with Crippen molar-refractivity contribution < 1.29 is 18.0 Å². The predicted octanol–water partition coefficient (Wildman–Crippen LogP) is 3.82. The molecule has 0 aliphatic rings. The quantitative estimate of drug-likeness (QED) is 0.390. The summed E-state index contributed by atoms with van der Waals surface area (Å²) >= 11 is 0. The molecule has 4 aromatic rings. The highest BCUT2D eigenvalue weighted by molar-refractivity contribution is 6.04. The van der Waals surface area contributed by atoms with E-state index in [0.717, 1.165) is 23.9 Å². The molecule has 3 heterocycles. The number of anilines is 4. The number of nitrogens with zero attached hydrogens (tertiary/aromatic N) is 6. The minimum absolute atomic E-state index is 0.206. The maximum absolute atomic E-state index is 12.9. The Morgan fingerprint density at radius 3 is 2.56 bits per heavy atom. The van der Waals surface area contributed by atoms with Gasteiger partial charge in [0.2, 0.25) is 5.95 Å². The zero-order chi connectivity index (χ0) is 24.3. The van der Waals surface area contributed by atoms with E-state index >= 15 is 0 Å². The van der Waals surface area contributed by atoms with Crippen molar-refractivity contribution in [3.8, 4) is 5.82 Å². The largest absolute Gasteiger partial charge is 0.416 e. The van der Waals surface area contributed by atoms with E-state index in [1.807, 2.05) is 6.92 Å². The first-order chi connectivity index (χ1) is 16.2. The summed E-state index contributed by atoms with van der Waals surface area (Å²) in [6, 6.07) is 8.08. The van der Waals surface area contributed by atoms with Crippen LogP contribution in [0.5, 0.6) is 0 Å². The van der Waals surface area contributed by atoms with Crippen LogP contribution in [-0.4, -0.2) is 42.7 Å². The minimum atomic E-state index is -4.54. The fourth-order valence-electron chi connectivity index (χ4n) is 2.98. The van der Waals surface area contributed by atoms with Gasteiger partial charge in [-0.1, -0.05) is 6.07 Å². The van der Waals surface area contributed by atoms with Gasteiger partial charge in [0.25, 0.3) is 5.91 Å². The van der Waals surface area contributed by atoms with Crippen molar-refractivity contribution in [3.05, 3.63) is 71.9 Å². The molecule has 0 radical (unpaired) electrons. The molecular formula is C21H18F3N9O. The Labute approximate surface area is 191 Å². The summed E-state index contributed by atoms with van der Waals surface area (Å²) in [6.45, 7) is 1.82. The molecule has 0 atom stereocenters. The third-order valence-electron chi connectivity index (χ3n) is 4.75. The Morgan fingerprint density at radius 1 is 0.971 bits per heavy atom. The van der Waals surface area contributed by atoms with E-state index in [1.165, 1.54) is 17.3 Å². The summed E-state index contributed by atoms with van der Waals surface area (Å²) in [7, 11) is 1.72. The van der Waals surface area contributed by atoms with Crippen molar-refractivity contribution in [2.45, 2.75) is 13.1 Å². The molecule has 3 N–H and O–H groups in total. The average Bonchev–Trinajstić information content (AvgIpc) is 3.28. The van der Waals surface area contributed by atoms with E-state index in [-0.39, 0.29) is 11.4 Å². The van der Waals surface area contributed by atoms with E-state index in [1.54, 1.807) is 31.3 Å². The van der Waals surface area contributed by atoms with Crippen LogP contribution in [-0.2, 0) is 6.18 Å². The summed E-state index contributed by atoms with van der Waals surface area (Å²) in [5, 5.41) is 12.6. The number of rotatable bonds is 6. The van der Waals surface area contributed by atoms with E-state index < -0.39 is 17.6 Å². The number of benzene rings is 1. The number of aryl methyl sites for hydroxylation is 1. The molecule has 0 aliphatic carbocycles. The van der Waals surface area contributed by atoms with Crippen LogP contribution in [0, 0.1) is 6.92 Å². The molecule has 3 aromatic heterocycles. The lowest BCUT2D eigenvalue weighted by molar-refractivity contribution is -0.137. The molecular weight excluding hydrogens is 451 g/mol. The van der Waals surface area contributed by atoms with Gasteiger partial charge < -0.3 is 16.0 Å². The molecule has 0 aliphatic heterocycles. The maximum atomic E-state index is 12.9. The second kappa shape index (κ2) is 9.13. The Morgan fingerprint density at radius 2 is 1.79 bits per heavy atom. The standard InChI is InChI=1S/C21H18F3N9O/c1-12-3-4-13(19(34)32-17-8-14(5-6-26-17)21(22,23)24)7-15(12)31-20-29-11-30-33(20)18-9-16(25-2)27-10-28-18/h3-11H,1-2H3,(H,25,27,28)(H,26,32,34)(H,29,30,31). The van der Waals surface area contributed by atoms with Crippen LogP contribution in [0.4, 0.5) is 36.4 Å². The van der Waals surface area contributed by atoms with Crippen LogP contribution < -0.4 is 16.0 Å². The Balaban J connectivity index is 1.57. The van der Waals surface area contributed by atoms with Gasteiger partial charge in [0.05, 0.1) is 5.56 Å². The first-order valence-corrected chi connectivity index (χ1v) is 9.87. The monoisotopic (exact) mass is 469 g/mol. The molecule has 10 nitrogen and oxygen atoms in total. The first-order valence-electron chi connectivity index (χ1n) is 9.87. The van der Waals surface area contributed by atoms with Crippen LogP contribution in [0.3, 0.4) is 0 Å². The first kappa shape index (κ1) is 22.6. The third-order valence-corrected chi connectivity index (χ3v) is 4.75. The number of aromatic nitrogens is 6. The fourth-order valence-corrected chi connectivity index (χ4v) is 2.98. The molecule has 0 spiro atoms. The smallest absolute Gasteiger partial charge is 0.373 e. The highest BCUT2D eigenvalue weighted by Crippen LogP contribution is 2.30. The van der Waals surface area contributed by atoms with Gasteiger partial charge in [0.15, 0.2) is 5.82 Å². The number of pyridine rings is 1. The molecule has 0 unspecified atom stereocenters. The zero-order valence-corrected chi connectivity index (χ0v) is 17.9. The second-order valence-electron chi connectivity index (χ2n) is 7.04. The average molecular weight is 469 g/mol. The second-order valence-corrected chi connectivity index (χ2v) is 7.04. The molecule has 0 saturated carbocycles. The zero-order valence-electron chi connectivity index (χ0n) is 17.9. The molecule has 13 heteroatoms. The normalized spacial score (nSPS) is 11.2. The van der Waals surface area contributed by atoms with Gasteiger partial charge in [-0.25, -0.2) is 15.0 Å². The third kappa shape index (κ3) is 4.92. The number of hydrogen-bond acceptors (Lipinski definition) is 8. The highest BCUT2D eigenvalue weighted by Gasteiger charge is 2.30. The van der Waals surface area contributed by atoms with E-state index in [9.17, 15) is 18.0 Å². The van der Waals surface area contributed by atoms with Crippen molar-refractivity contribution in [1.82, 2.24) is 29.7 Å². The fraction of sp³-hybridized carbons (Fsp3) is 0.143. The maximum Gasteiger partial charge on any atom is 0.416 e. The molecule has 0 fully saturated rings. The van der Waals surface area contributed by atoms with Crippen LogP contribution in [0.2, 0.25) is 0 Å². The molecule has 4 rings (SSSR count). The van der Waals surface area contributed by atoms with Crippen molar-refractivity contribution in [2.75, 3.05) is 23.0 Å². The summed E-state index contributed by atoms with van der Waals surface area (Å²) in [5.41, 5.74) is 0.635. The van der Waals surface area contributed by atoms with Crippen molar-refractivity contribution in [2.24, 2.45) is 0 Å². The van der Waals surface area contributed by atoms with Gasteiger partial charge in [-0.2, -0.15) is 27.9 Å². The van der Waals surface area contributed by atoms with Gasteiger partial charge in [-0.15, -0.1) is 0 Å². The van der Waals surface area contributed by atoms with Crippen LogP contribution in [0.15, 0.2) is 55.2 Å². The Bertz CT molecular complexity index is 1340. The van der Waals surface area contributed by atoms with Gasteiger partial charge in [0, 0.05) is 30.6 Å². The predicted molar refractivity (Wildman–Crippen MR) is 118 cm³/mol. The number of halogens is 3. The lowest BCUT2D eigenvalue weighted by atomic mass is 10.1. The van der Waals surface area contributed by atoms with Crippen LogP contribution >= 0.6 is 0 Å². The highest BCUT2D eigenvalue weighted by atomic mass is 19.4. The number of carbonyl (C=O) groups excluding carboxylic acids is 1. The number of hydrogen-bond donors (Lipinski definition) is 3. The summed E-state index contributed by atoms with van der Waals surface area (Å²) in [6.07, 6.45) is -0.837. The van der Waals surface area contributed by atoms with E-state index in [0.29, 0.717) is 23.3 Å². The number of amides is 1. The van der Waals surface area contributed by atoms with Gasteiger partial charge in [0.1, 0.15) is 24.3 Å². The molecule has 0 bridgehead atoms. The number of alkyl halides is 3. The van der Waals surface area contributed by atoms with E-state index in [2.05, 4.69) is 41.0 Å². The molecule has 174 valence electrons. The summed E-state index contributed by atoms with van der Waals surface area (Å²) < 4.78 is 40.3.